The predicted molar refractivity (Wildman–Crippen MR) is 56.4 cm³/mol. The van der Waals surface area contributed by atoms with E-state index >= 15 is 0 Å². The highest BCUT2D eigenvalue weighted by Crippen LogP contribution is 2.35. The molecule has 102 valence electrons. The lowest BCUT2D eigenvalue weighted by Gasteiger charge is -2.38. The van der Waals surface area contributed by atoms with E-state index in [2.05, 4.69) is 20.0 Å². The molecular weight excluding hydrogens is 249 g/mol. The summed E-state index contributed by atoms with van der Waals surface area (Å²) in [5.41, 5.74) is 5.25. The molecule has 1 aromatic heterocycles. The van der Waals surface area contributed by atoms with Crippen molar-refractivity contribution in [1.82, 2.24) is 15.5 Å². The molecule has 1 fully saturated rings. The zero-order valence-electron chi connectivity index (χ0n) is 9.92. The van der Waals surface area contributed by atoms with E-state index < -0.39 is 17.6 Å². The van der Waals surface area contributed by atoms with Gasteiger partial charge in [0.2, 0.25) is 0 Å². The van der Waals surface area contributed by atoms with Crippen LogP contribution in [-0.2, 0) is 11.7 Å². The molecule has 2 rings (SSSR count). The summed E-state index contributed by atoms with van der Waals surface area (Å²) in [6.45, 7) is 3.20. The van der Waals surface area contributed by atoms with Gasteiger partial charge in [-0.3, -0.25) is 0 Å². The maximum absolute atomic E-state index is 12.4. The maximum atomic E-state index is 12.4. The number of rotatable bonds is 2. The standard InChI is InChI=1S/C10H15F3N4O/c1-2-6-5-15-4-3-9(6,14)7-16-8(18-17-7)10(11,12)13/h6,15H,2-5,14H2,1H3. The van der Waals surface area contributed by atoms with E-state index in [-0.39, 0.29) is 11.7 Å². The smallest absolute Gasteiger partial charge is 0.329 e. The number of nitrogens with zero attached hydrogens (tertiary/aromatic N) is 2. The average molecular weight is 264 g/mol. The quantitative estimate of drug-likeness (QED) is 0.841. The van der Waals surface area contributed by atoms with E-state index in [0.717, 1.165) is 6.42 Å². The number of nitrogens with two attached hydrogens (primary N) is 1. The van der Waals surface area contributed by atoms with Crippen LogP contribution in [0, 0.1) is 5.92 Å². The van der Waals surface area contributed by atoms with Crippen LogP contribution in [0.5, 0.6) is 0 Å². The van der Waals surface area contributed by atoms with Gasteiger partial charge < -0.3 is 15.6 Å². The molecule has 0 radical (unpaired) electrons. The number of piperidine rings is 1. The van der Waals surface area contributed by atoms with E-state index in [4.69, 9.17) is 5.73 Å². The number of nitrogens with one attached hydrogen (secondary N) is 1. The molecule has 0 bridgehead atoms. The molecule has 0 spiro atoms. The fourth-order valence-corrected chi connectivity index (χ4v) is 2.29. The second-order valence-corrected chi connectivity index (χ2v) is 4.52. The Balaban J connectivity index is 2.31. The highest BCUT2D eigenvalue weighted by molar-refractivity contribution is 5.10. The Morgan fingerprint density at radius 3 is 2.83 bits per heavy atom. The van der Waals surface area contributed by atoms with Crippen LogP contribution >= 0.6 is 0 Å². The molecule has 3 N–H and O–H groups in total. The van der Waals surface area contributed by atoms with Gasteiger partial charge in [-0.15, -0.1) is 0 Å². The Labute approximate surface area is 102 Å². The first kappa shape index (κ1) is 13.3. The van der Waals surface area contributed by atoms with Crippen LogP contribution in [0.2, 0.25) is 0 Å². The minimum atomic E-state index is -4.63. The molecule has 2 unspecified atom stereocenters. The summed E-state index contributed by atoms with van der Waals surface area (Å²) in [6.07, 6.45) is -3.40. The Morgan fingerprint density at radius 2 is 2.28 bits per heavy atom. The van der Waals surface area contributed by atoms with Crippen molar-refractivity contribution in [3.63, 3.8) is 0 Å². The van der Waals surface area contributed by atoms with Crippen LogP contribution < -0.4 is 11.1 Å². The number of hydrogen-bond donors (Lipinski definition) is 2. The molecule has 1 aromatic rings. The number of aromatic nitrogens is 2. The van der Waals surface area contributed by atoms with Gasteiger partial charge in [0.1, 0.15) is 0 Å². The van der Waals surface area contributed by atoms with Crippen molar-refractivity contribution in [3.8, 4) is 0 Å². The first-order chi connectivity index (χ1) is 8.38. The van der Waals surface area contributed by atoms with Gasteiger partial charge in [0.05, 0.1) is 5.54 Å². The van der Waals surface area contributed by atoms with Crippen LogP contribution in [0.4, 0.5) is 13.2 Å². The summed E-state index contributed by atoms with van der Waals surface area (Å²) in [6, 6.07) is 0. The average Bonchev–Trinajstić information content (AvgIpc) is 2.79. The fraction of sp³-hybridized carbons (Fsp3) is 0.800. The molecule has 8 heteroatoms. The number of alkyl halides is 3. The Morgan fingerprint density at radius 1 is 1.56 bits per heavy atom. The van der Waals surface area contributed by atoms with E-state index in [1.54, 1.807) is 0 Å². The largest absolute Gasteiger partial charge is 0.471 e. The molecule has 0 aliphatic carbocycles. The molecule has 1 saturated heterocycles. The molecule has 0 saturated carbocycles. The highest BCUT2D eigenvalue weighted by atomic mass is 19.4. The fourth-order valence-electron chi connectivity index (χ4n) is 2.29. The second kappa shape index (κ2) is 4.51. The van der Waals surface area contributed by atoms with Crippen molar-refractivity contribution in [2.75, 3.05) is 13.1 Å². The van der Waals surface area contributed by atoms with Crippen molar-refractivity contribution >= 4 is 0 Å². The first-order valence-electron chi connectivity index (χ1n) is 5.79. The van der Waals surface area contributed by atoms with Crippen molar-refractivity contribution in [3.05, 3.63) is 11.7 Å². The van der Waals surface area contributed by atoms with Crippen LogP contribution in [0.25, 0.3) is 0 Å². The van der Waals surface area contributed by atoms with Gasteiger partial charge in [0.15, 0.2) is 5.82 Å². The van der Waals surface area contributed by atoms with E-state index in [1.807, 2.05) is 6.92 Å². The van der Waals surface area contributed by atoms with Gasteiger partial charge in [-0.1, -0.05) is 12.1 Å². The van der Waals surface area contributed by atoms with Crippen molar-refractivity contribution < 1.29 is 17.7 Å². The lowest BCUT2D eigenvalue weighted by molar-refractivity contribution is -0.159. The molecule has 0 amide bonds. The van der Waals surface area contributed by atoms with Crippen LogP contribution in [0.1, 0.15) is 31.5 Å². The monoisotopic (exact) mass is 264 g/mol. The van der Waals surface area contributed by atoms with Crippen LogP contribution in [0.3, 0.4) is 0 Å². The first-order valence-corrected chi connectivity index (χ1v) is 5.79. The van der Waals surface area contributed by atoms with Crippen LogP contribution in [-0.4, -0.2) is 23.2 Å². The number of hydrogen-bond acceptors (Lipinski definition) is 5. The maximum Gasteiger partial charge on any atom is 0.471 e. The molecule has 1 aliphatic heterocycles. The lowest BCUT2D eigenvalue weighted by Crippen LogP contribution is -2.54. The minimum Gasteiger partial charge on any atom is -0.329 e. The Bertz CT molecular complexity index is 420. The normalized spacial score (nSPS) is 29.5. The minimum absolute atomic E-state index is 0.00932. The van der Waals surface area contributed by atoms with Gasteiger partial charge in [0, 0.05) is 6.54 Å². The summed E-state index contributed by atoms with van der Waals surface area (Å²) in [7, 11) is 0. The third-order valence-electron chi connectivity index (χ3n) is 3.41. The molecule has 5 nitrogen and oxygen atoms in total. The third kappa shape index (κ3) is 2.22. The molecule has 1 aliphatic rings. The molecular formula is C10H15F3N4O. The Kier molecular flexibility index (Phi) is 3.33. The SMILES string of the molecule is CCC1CNCCC1(N)c1noc(C(F)(F)F)n1. The molecule has 2 atom stereocenters. The topological polar surface area (TPSA) is 77.0 Å². The van der Waals surface area contributed by atoms with Gasteiger partial charge in [-0.2, -0.15) is 18.2 Å². The highest BCUT2D eigenvalue weighted by Gasteiger charge is 2.45. The van der Waals surface area contributed by atoms with Crippen molar-refractivity contribution in [2.24, 2.45) is 11.7 Å². The van der Waals surface area contributed by atoms with Crippen LogP contribution in [0.15, 0.2) is 4.52 Å². The number of halogens is 3. The van der Waals surface area contributed by atoms with E-state index in [0.29, 0.717) is 19.5 Å². The summed E-state index contributed by atoms with van der Waals surface area (Å²) in [5, 5.41) is 6.58. The summed E-state index contributed by atoms with van der Waals surface area (Å²) in [4.78, 5) is 3.42. The zero-order chi connectivity index (χ0) is 13.4. The zero-order valence-corrected chi connectivity index (χ0v) is 9.92. The predicted octanol–water partition coefficient (Wildman–Crippen LogP) is 1.26. The van der Waals surface area contributed by atoms with Crippen molar-refractivity contribution in [1.29, 1.82) is 0 Å². The summed E-state index contributed by atoms with van der Waals surface area (Å²) in [5.74, 6) is -1.40. The van der Waals surface area contributed by atoms with Gasteiger partial charge in [0.25, 0.3) is 0 Å². The van der Waals surface area contributed by atoms with Gasteiger partial charge in [-0.25, -0.2) is 0 Å². The van der Waals surface area contributed by atoms with Crippen molar-refractivity contribution in [2.45, 2.75) is 31.5 Å². The molecule has 18 heavy (non-hydrogen) atoms. The summed E-state index contributed by atoms with van der Waals surface area (Å²) >= 11 is 0. The Hall–Kier alpha value is -1.15. The van der Waals surface area contributed by atoms with Gasteiger partial charge >= 0.3 is 12.1 Å². The second-order valence-electron chi connectivity index (χ2n) is 4.52. The van der Waals surface area contributed by atoms with E-state index in [1.165, 1.54) is 0 Å². The lowest BCUT2D eigenvalue weighted by atomic mass is 9.77. The molecule has 0 aromatic carbocycles. The third-order valence-corrected chi connectivity index (χ3v) is 3.41. The van der Waals surface area contributed by atoms with E-state index in [9.17, 15) is 13.2 Å². The molecule has 2 heterocycles. The summed E-state index contributed by atoms with van der Waals surface area (Å²) < 4.78 is 41.5. The van der Waals surface area contributed by atoms with Gasteiger partial charge in [-0.05, 0) is 25.3 Å².